The number of hydrogen-bond donors (Lipinski definition) is 0. The number of aliphatic imine (C=N–C) groups is 1. The molecular formula is C16H7Cl3INO2. The van der Waals surface area contributed by atoms with Gasteiger partial charge in [0.25, 0.3) is 0 Å². The van der Waals surface area contributed by atoms with Gasteiger partial charge < -0.3 is 4.74 Å². The zero-order chi connectivity index (χ0) is 16.6. The normalized spacial score (nSPS) is 15.7. The first-order valence-corrected chi connectivity index (χ1v) is 8.59. The van der Waals surface area contributed by atoms with Crippen LogP contribution in [0, 0.1) is 3.57 Å². The summed E-state index contributed by atoms with van der Waals surface area (Å²) in [6.07, 6.45) is 1.50. The smallest absolute Gasteiger partial charge is 0.363 e. The van der Waals surface area contributed by atoms with Crippen molar-refractivity contribution >= 4 is 75.3 Å². The largest absolute Gasteiger partial charge is 0.402 e. The lowest BCUT2D eigenvalue weighted by molar-refractivity contribution is -0.129. The average molecular weight is 479 g/mol. The third-order valence-electron chi connectivity index (χ3n) is 3.06. The molecule has 0 unspecified atom stereocenters. The van der Waals surface area contributed by atoms with Crippen LogP contribution in [0.4, 0.5) is 0 Å². The fourth-order valence-electron chi connectivity index (χ4n) is 1.97. The summed E-state index contributed by atoms with van der Waals surface area (Å²) < 4.78 is 6.17. The molecule has 3 rings (SSSR count). The SMILES string of the molecule is O=C1OC(c2cc(I)ccc2Cl)=N/C1=C\c1c(Cl)cccc1Cl. The maximum Gasteiger partial charge on any atom is 0.363 e. The van der Waals surface area contributed by atoms with E-state index in [2.05, 4.69) is 27.6 Å². The minimum atomic E-state index is -0.578. The van der Waals surface area contributed by atoms with Gasteiger partial charge in [-0.3, -0.25) is 0 Å². The van der Waals surface area contributed by atoms with E-state index in [4.69, 9.17) is 39.5 Å². The summed E-state index contributed by atoms with van der Waals surface area (Å²) in [5.41, 5.74) is 1.19. The Bertz CT molecular complexity index is 857. The Kier molecular flexibility index (Phi) is 4.96. The van der Waals surface area contributed by atoms with Crippen molar-refractivity contribution in [2.45, 2.75) is 0 Å². The number of benzene rings is 2. The zero-order valence-corrected chi connectivity index (χ0v) is 15.7. The van der Waals surface area contributed by atoms with Crippen LogP contribution in [-0.4, -0.2) is 11.9 Å². The molecule has 0 atom stereocenters. The second-order valence-electron chi connectivity index (χ2n) is 4.60. The molecule has 0 saturated heterocycles. The highest BCUT2D eigenvalue weighted by Gasteiger charge is 2.26. The molecule has 2 aromatic carbocycles. The minimum absolute atomic E-state index is 0.116. The highest BCUT2D eigenvalue weighted by atomic mass is 127. The molecule has 23 heavy (non-hydrogen) atoms. The number of ether oxygens (including phenoxy) is 1. The molecule has 1 aliphatic rings. The highest BCUT2D eigenvalue weighted by molar-refractivity contribution is 14.1. The Balaban J connectivity index is 2.05. The van der Waals surface area contributed by atoms with E-state index in [9.17, 15) is 4.79 Å². The van der Waals surface area contributed by atoms with Crippen LogP contribution in [-0.2, 0) is 9.53 Å². The van der Waals surface area contributed by atoms with Crippen molar-refractivity contribution < 1.29 is 9.53 Å². The van der Waals surface area contributed by atoms with Gasteiger partial charge in [0.15, 0.2) is 5.70 Å². The summed E-state index contributed by atoms with van der Waals surface area (Å²) in [5, 5.41) is 1.30. The third kappa shape index (κ3) is 3.55. The van der Waals surface area contributed by atoms with Gasteiger partial charge in [0.2, 0.25) is 5.90 Å². The Morgan fingerprint density at radius 2 is 1.74 bits per heavy atom. The molecule has 116 valence electrons. The number of cyclic esters (lactones) is 1. The van der Waals surface area contributed by atoms with Crippen molar-refractivity contribution in [3.8, 4) is 0 Å². The molecule has 0 aromatic heterocycles. The monoisotopic (exact) mass is 477 g/mol. The number of rotatable bonds is 2. The molecule has 0 amide bonds. The summed E-state index contributed by atoms with van der Waals surface area (Å²) in [4.78, 5) is 16.3. The number of hydrogen-bond acceptors (Lipinski definition) is 3. The van der Waals surface area contributed by atoms with Gasteiger partial charge >= 0.3 is 5.97 Å². The number of carbonyl (C=O) groups excluding carboxylic acids is 1. The van der Waals surface area contributed by atoms with E-state index in [0.29, 0.717) is 26.2 Å². The van der Waals surface area contributed by atoms with E-state index in [1.165, 1.54) is 6.08 Å². The fourth-order valence-corrected chi connectivity index (χ4v) is 3.17. The zero-order valence-electron chi connectivity index (χ0n) is 11.3. The van der Waals surface area contributed by atoms with Crippen LogP contribution >= 0.6 is 57.4 Å². The summed E-state index contributed by atoms with van der Waals surface area (Å²) in [6.45, 7) is 0. The number of nitrogens with zero attached hydrogens (tertiary/aromatic N) is 1. The number of carbonyl (C=O) groups is 1. The van der Waals surface area contributed by atoms with Gasteiger partial charge in [0, 0.05) is 19.2 Å². The predicted octanol–water partition coefficient (Wildman–Crippen LogP) is 5.60. The molecule has 0 spiro atoms. The van der Waals surface area contributed by atoms with Crippen LogP contribution in [0.1, 0.15) is 11.1 Å². The standard InChI is InChI=1S/C16H7Cl3INO2/c17-11-2-1-3-12(18)9(11)7-14-16(22)23-15(21-14)10-6-8(20)4-5-13(10)19/h1-7H/b14-7-. The number of esters is 1. The van der Waals surface area contributed by atoms with Gasteiger partial charge in [0.1, 0.15) is 0 Å². The third-order valence-corrected chi connectivity index (χ3v) is 4.72. The van der Waals surface area contributed by atoms with Crippen LogP contribution in [0.15, 0.2) is 47.1 Å². The van der Waals surface area contributed by atoms with Gasteiger partial charge in [0.05, 0.1) is 10.6 Å². The van der Waals surface area contributed by atoms with Crippen LogP contribution < -0.4 is 0 Å². The van der Waals surface area contributed by atoms with Crippen molar-refractivity contribution in [1.82, 2.24) is 0 Å². The molecule has 0 radical (unpaired) electrons. The van der Waals surface area contributed by atoms with E-state index in [0.717, 1.165) is 3.57 Å². The summed E-state index contributed by atoms with van der Waals surface area (Å²) in [5.74, 6) is -0.418. The van der Waals surface area contributed by atoms with E-state index < -0.39 is 5.97 Å². The van der Waals surface area contributed by atoms with Crippen LogP contribution in [0.25, 0.3) is 6.08 Å². The van der Waals surface area contributed by atoms with E-state index >= 15 is 0 Å². The van der Waals surface area contributed by atoms with Crippen LogP contribution in [0.5, 0.6) is 0 Å². The van der Waals surface area contributed by atoms with E-state index in [1.807, 2.05) is 6.07 Å². The second-order valence-corrected chi connectivity index (χ2v) is 7.06. The molecule has 3 nitrogen and oxygen atoms in total. The number of halogens is 4. The van der Waals surface area contributed by atoms with Crippen molar-refractivity contribution in [2.24, 2.45) is 4.99 Å². The Morgan fingerprint density at radius 3 is 2.43 bits per heavy atom. The second kappa shape index (κ2) is 6.81. The van der Waals surface area contributed by atoms with Gasteiger partial charge in [-0.15, -0.1) is 0 Å². The maximum atomic E-state index is 12.0. The van der Waals surface area contributed by atoms with Gasteiger partial charge in [-0.2, -0.15) is 0 Å². The predicted molar refractivity (Wildman–Crippen MR) is 101 cm³/mol. The molecule has 0 aliphatic carbocycles. The lowest BCUT2D eigenvalue weighted by atomic mass is 10.2. The molecule has 1 aliphatic heterocycles. The molecule has 0 saturated carbocycles. The Morgan fingerprint density at radius 1 is 1.04 bits per heavy atom. The molecule has 0 fully saturated rings. The first kappa shape index (κ1) is 16.8. The van der Waals surface area contributed by atoms with Gasteiger partial charge in [-0.1, -0.05) is 40.9 Å². The summed E-state index contributed by atoms with van der Waals surface area (Å²) >= 11 is 20.5. The quantitative estimate of drug-likeness (QED) is 0.320. The lowest BCUT2D eigenvalue weighted by Gasteiger charge is -2.02. The molecule has 0 N–H and O–H groups in total. The molecule has 1 heterocycles. The average Bonchev–Trinajstić information content (AvgIpc) is 2.86. The highest BCUT2D eigenvalue weighted by Crippen LogP contribution is 2.30. The van der Waals surface area contributed by atoms with Crippen LogP contribution in [0.2, 0.25) is 15.1 Å². The first-order valence-electron chi connectivity index (χ1n) is 6.37. The molecule has 2 aromatic rings. The molecule has 7 heteroatoms. The summed E-state index contributed by atoms with van der Waals surface area (Å²) in [7, 11) is 0. The topological polar surface area (TPSA) is 38.7 Å². The molecule has 0 bridgehead atoms. The fraction of sp³-hybridized carbons (Fsp3) is 0. The van der Waals surface area contributed by atoms with Crippen molar-refractivity contribution in [3.05, 3.63) is 71.9 Å². The molecular weight excluding hydrogens is 471 g/mol. The lowest BCUT2D eigenvalue weighted by Crippen LogP contribution is -2.06. The first-order chi connectivity index (χ1) is 11.0. The van der Waals surface area contributed by atoms with E-state index in [1.54, 1.807) is 30.3 Å². The Labute approximate surface area is 161 Å². The van der Waals surface area contributed by atoms with Gasteiger partial charge in [-0.25, -0.2) is 9.79 Å². The van der Waals surface area contributed by atoms with Gasteiger partial charge in [-0.05, 0) is 59.0 Å². The Hall–Kier alpha value is -1.08. The van der Waals surface area contributed by atoms with Crippen molar-refractivity contribution in [3.63, 3.8) is 0 Å². The van der Waals surface area contributed by atoms with Crippen molar-refractivity contribution in [2.75, 3.05) is 0 Å². The van der Waals surface area contributed by atoms with Crippen molar-refractivity contribution in [1.29, 1.82) is 0 Å². The summed E-state index contributed by atoms with van der Waals surface area (Å²) in [6, 6.07) is 10.5. The minimum Gasteiger partial charge on any atom is -0.402 e. The maximum absolute atomic E-state index is 12.0. The van der Waals surface area contributed by atoms with Crippen LogP contribution in [0.3, 0.4) is 0 Å². The van der Waals surface area contributed by atoms with E-state index in [-0.39, 0.29) is 11.6 Å².